The third-order valence-electron chi connectivity index (χ3n) is 5.72. The van der Waals surface area contributed by atoms with Gasteiger partial charge in [0.25, 0.3) is 0 Å². The van der Waals surface area contributed by atoms with E-state index in [1.54, 1.807) is 57.4 Å². The molecule has 7 heteroatoms. The molecule has 2 aromatic carbocycles. The molecule has 0 bridgehead atoms. The molecule has 0 saturated heterocycles. The van der Waals surface area contributed by atoms with Crippen LogP contribution in [0.5, 0.6) is 5.75 Å². The Kier molecular flexibility index (Phi) is 10.6. The van der Waals surface area contributed by atoms with Crippen molar-refractivity contribution in [1.29, 1.82) is 5.26 Å². The van der Waals surface area contributed by atoms with Crippen molar-refractivity contribution < 1.29 is 23.8 Å². The Morgan fingerprint density at radius 3 is 2.35 bits per heavy atom. The van der Waals surface area contributed by atoms with Gasteiger partial charge < -0.3 is 19.1 Å². The summed E-state index contributed by atoms with van der Waals surface area (Å²) in [5.74, 6) is -0.257. The summed E-state index contributed by atoms with van der Waals surface area (Å²) in [6.07, 6.45) is 1.80. The number of hydrogen-bond acceptors (Lipinski definition) is 7. The van der Waals surface area contributed by atoms with Crippen molar-refractivity contribution in [2.75, 3.05) is 40.5 Å². The van der Waals surface area contributed by atoms with Crippen molar-refractivity contribution in [2.45, 2.75) is 38.5 Å². The lowest BCUT2D eigenvalue weighted by molar-refractivity contribution is -0.148. The topological polar surface area (TPSA) is 88.9 Å². The summed E-state index contributed by atoms with van der Waals surface area (Å²) in [6, 6.07) is 16.7. The summed E-state index contributed by atoms with van der Waals surface area (Å²) < 4.78 is 15.6. The van der Waals surface area contributed by atoms with E-state index in [-0.39, 0.29) is 12.6 Å². The molecule has 7 nitrogen and oxygen atoms in total. The number of rotatable bonds is 13. The summed E-state index contributed by atoms with van der Waals surface area (Å²) in [4.78, 5) is 26.8. The average molecular weight is 467 g/mol. The van der Waals surface area contributed by atoms with Gasteiger partial charge in [0.15, 0.2) is 5.41 Å². The van der Waals surface area contributed by atoms with Crippen LogP contribution < -0.4 is 4.74 Å². The zero-order valence-corrected chi connectivity index (χ0v) is 20.5. The van der Waals surface area contributed by atoms with Crippen LogP contribution in [0, 0.1) is 11.3 Å². The number of benzene rings is 2. The van der Waals surface area contributed by atoms with Crippen LogP contribution in [0.4, 0.5) is 0 Å². The molecule has 2 aromatic rings. The first kappa shape index (κ1) is 26.9. The zero-order valence-electron chi connectivity index (χ0n) is 20.5. The minimum absolute atomic E-state index is 0.209. The van der Waals surface area contributed by atoms with Crippen molar-refractivity contribution in [3.63, 3.8) is 0 Å². The molecule has 0 heterocycles. The van der Waals surface area contributed by atoms with Gasteiger partial charge in [0, 0.05) is 6.54 Å². The third-order valence-corrected chi connectivity index (χ3v) is 5.72. The Balaban J connectivity index is 1.98. The number of carbonyl (C=O) groups excluding carboxylic acids is 2. The van der Waals surface area contributed by atoms with Crippen LogP contribution in [0.25, 0.3) is 0 Å². The molecule has 0 aliphatic heterocycles. The predicted molar refractivity (Wildman–Crippen MR) is 130 cm³/mol. The molecule has 182 valence electrons. The molecule has 0 aliphatic rings. The molecule has 0 aromatic heterocycles. The minimum atomic E-state index is -1.38. The van der Waals surface area contributed by atoms with E-state index in [1.807, 2.05) is 19.2 Å². The smallest absolute Gasteiger partial charge is 0.338 e. The van der Waals surface area contributed by atoms with Gasteiger partial charge in [0.1, 0.15) is 5.75 Å². The summed E-state index contributed by atoms with van der Waals surface area (Å²) in [7, 11) is 3.56. The third kappa shape index (κ3) is 7.06. The molecule has 2 rings (SSSR count). The molecule has 0 saturated carbocycles. The summed E-state index contributed by atoms with van der Waals surface area (Å²) >= 11 is 0. The lowest BCUT2D eigenvalue weighted by Gasteiger charge is -2.26. The van der Waals surface area contributed by atoms with Crippen molar-refractivity contribution in [3.8, 4) is 11.8 Å². The van der Waals surface area contributed by atoms with E-state index < -0.39 is 11.4 Å². The number of likely N-dealkylation sites (N-methyl/N-ethyl adjacent to an activating group) is 1. The maximum atomic E-state index is 12.9. The number of ether oxygens (including phenoxy) is 3. The zero-order chi connectivity index (χ0) is 25.0. The fourth-order valence-electron chi connectivity index (χ4n) is 3.74. The number of methoxy groups -OCH3 is 1. The molecule has 0 aliphatic carbocycles. The number of nitriles is 1. The van der Waals surface area contributed by atoms with Gasteiger partial charge in [-0.3, -0.25) is 0 Å². The Bertz CT molecular complexity index is 983. The Morgan fingerprint density at radius 1 is 1.03 bits per heavy atom. The highest BCUT2D eigenvalue weighted by Crippen LogP contribution is 2.33. The van der Waals surface area contributed by atoms with Gasteiger partial charge in [0.2, 0.25) is 0 Å². The summed E-state index contributed by atoms with van der Waals surface area (Å²) in [5.41, 5.74) is 0.864. The second kappa shape index (κ2) is 13.4. The van der Waals surface area contributed by atoms with Gasteiger partial charge in [-0.1, -0.05) is 24.3 Å². The number of nitrogens with zero attached hydrogens (tertiary/aromatic N) is 2. The molecular formula is C27H34N2O5. The van der Waals surface area contributed by atoms with Crippen LogP contribution in [-0.4, -0.2) is 57.3 Å². The highest BCUT2D eigenvalue weighted by Gasteiger charge is 2.42. The van der Waals surface area contributed by atoms with E-state index in [0.717, 1.165) is 18.5 Å². The number of hydrogen-bond donors (Lipinski definition) is 0. The largest absolute Gasteiger partial charge is 0.497 e. The van der Waals surface area contributed by atoms with Gasteiger partial charge in [-0.25, -0.2) is 9.59 Å². The molecule has 0 N–H and O–H groups in total. The molecule has 0 fully saturated rings. The van der Waals surface area contributed by atoms with Crippen molar-refractivity contribution in [2.24, 2.45) is 0 Å². The monoisotopic (exact) mass is 466 g/mol. The Hall–Kier alpha value is -3.37. The number of carbonyl (C=O) groups is 2. The van der Waals surface area contributed by atoms with E-state index in [0.29, 0.717) is 42.9 Å². The van der Waals surface area contributed by atoms with Crippen LogP contribution in [0.15, 0.2) is 48.5 Å². The van der Waals surface area contributed by atoms with E-state index in [4.69, 9.17) is 14.2 Å². The first-order chi connectivity index (χ1) is 16.4. The lowest BCUT2D eigenvalue weighted by atomic mass is 9.77. The van der Waals surface area contributed by atoms with E-state index in [2.05, 4.69) is 11.0 Å². The van der Waals surface area contributed by atoms with Gasteiger partial charge in [-0.2, -0.15) is 5.26 Å². The fourth-order valence-corrected chi connectivity index (χ4v) is 3.74. The lowest BCUT2D eigenvalue weighted by Crippen LogP contribution is -2.37. The van der Waals surface area contributed by atoms with Gasteiger partial charge in [-0.15, -0.1) is 0 Å². The fraction of sp³-hybridized carbons (Fsp3) is 0.444. The second-order valence-electron chi connectivity index (χ2n) is 8.04. The standard InChI is InChI=1S/C27H34N2O5/c1-5-33-25(30)22-13-11-21(12-14-22)15-18-29(3)17-8-16-27(20-28,26(31)34-6-2)23-9-7-10-24(19-23)32-4/h7,9-14,19H,5-6,8,15-18H2,1-4H3. The molecule has 0 spiro atoms. The van der Waals surface area contributed by atoms with E-state index in [9.17, 15) is 14.9 Å². The van der Waals surface area contributed by atoms with E-state index in [1.165, 1.54) is 0 Å². The summed E-state index contributed by atoms with van der Waals surface area (Å²) in [6.45, 7) is 5.60. The molecule has 1 atom stereocenters. The normalized spacial score (nSPS) is 12.5. The van der Waals surface area contributed by atoms with Crippen LogP contribution in [0.2, 0.25) is 0 Å². The van der Waals surface area contributed by atoms with Gasteiger partial charge in [-0.05, 0) is 82.1 Å². The maximum absolute atomic E-state index is 12.9. The predicted octanol–water partition coefficient (Wildman–Crippen LogP) is 4.15. The molecule has 0 radical (unpaired) electrons. The SMILES string of the molecule is CCOC(=O)c1ccc(CCN(C)CCCC(C#N)(C(=O)OCC)c2cccc(OC)c2)cc1. The average Bonchev–Trinajstić information content (AvgIpc) is 2.86. The first-order valence-corrected chi connectivity index (χ1v) is 11.6. The van der Waals surface area contributed by atoms with Crippen LogP contribution in [0.3, 0.4) is 0 Å². The highest BCUT2D eigenvalue weighted by atomic mass is 16.5. The number of esters is 2. The molecule has 0 amide bonds. The van der Waals surface area contributed by atoms with Crippen molar-refractivity contribution in [1.82, 2.24) is 4.90 Å². The van der Waals surface area contributed by atoms with Gasteiger partial charge in [0.05, 0.1) is 32.0 Å². The van der Waals surface area contributed by atoms with Crippen LogP contribution in [-0.2, 0) is 26.1 Å². The molecule has 1 unspecified atom stereocenters. The summed E-state index contributed by atoms with van der Waals surface area (Å²) in [5, 5.41) is 10.1. The van der Waals surface area contributed by atoms with E-state index >= 15 is 0 Å². The first-order valence-electron chi connectivity index (χ1n) is 11.6. The molecular weight excluding hydrogens is 432 g/mol. The Morgan fingerprint density at radius 2 is 1.74 bits per heavy atom. The quantitative estimate of drug-likeness (QED) is 0.410. The maximum Gasteiger partial charge on any atom is 0.338 e. The highest BCUT2D eigenvalue weighted by molar-refractivity contribution is 5.89. The Labute approximate surface area is 202 Å². The van der Waals surface area contributed by atoms with Crippen LogP contribution >= 0.6 is 0 Å². The van der Waals surface area contributed by atoms with Crippen molar-refractivity contribution in [3.05, 3.63) is 65.2 Å². The minimum Gasteiger partial charge on any atom is -0.497 e. The second-order valence-corrected chi connectivity index (χ2v) is 8.04. The van der Waals surface area contributed by atoms with Gasteiger partial charge >= 0.3 is 11.9 Å². The van der Waals surface area contributed by atoms with Crippen molar-refractivity contribution >= 4 is 11.9 Å². The van der Waals surface area contributed by atoms with Crippen LogP contribution in [0.1, 0.15) is 48.2 Å². The molecule has 34 heavy (non-hydrogen) atoms.